The third-order valence-corrected chi connectivity index (χ3v) is 11.2. The first-order valence-electron chi connectivity index (χ1n) is 28.3. The molecule has 0 saturated carbocycles. The molecule has 0 saturated heterocycles. The van der Waals surface area contributed by atoms with Crippen LogP contribution in [-0.2, 0) is 19.1 Å². The van der Waals surface area contributed by atoms with Crippen LogP contribution in [0.1, 0.15) is 206 Å². The van der Waals surface area contributed by atoms with Crippen molar-refractivity contribution in [2.75, 3.05) is 13.2 Å². The minimum Gasteiger partial charge on any atom is -0.462 e. The number of unbranched alkanes of at least 4 members (excludes halogenated alkanes) is 11. The molecular weight excluding hydrogens is 885 g/mol. The van der Waals surface area contributed by atoms with Gasteiger partial charge in [0.15, 0.2) is 6.10 Å². The largest absolute Gasteiger partial charge is 0.462 e. The third-order valence-electron chi connectivity index (χ3n) is 11.2. The Balaban J connectivity index is 3.69. The molecule has 1 N–H and O–H groups in total. The van der Waals surface area contributed by atoms with Crippen LogP contribution in [0.4, 0.5) is 0 Å². The predicted octanol–water partition coefficient (Wildman–Crippen LogP) is 19.5. The lowest BCUT2D eigenvalue weighted by Gasteiger charge is -2.15. The maximum absolute atomic E-state index is 12.3. The second-order valence-corrected chi connectivity index (χ2v) is 17.9. The summed E-state index contributed by atoms with van der Waals surface area (Å²) in [5.74, 6) is -0.681. The van der Waals surface area contributed by atoms with E-state index in [1.54, 1.807) is 0 Å². The molecule has 5 heteroatoms. The SMILES string of the molecule is CC/C=C\C/C=C\C/C=C\C/C=C\C/C=C\C/C=C\C/C=C\C/C=C\C/C=C\CCCC(=O)OC(CO)COC(=O)CCCCCCCCCCCC/C=C\C/C=C\C/C=C\C/C=C\C/C=C\C/C=C\CC. The van der Waals surface area contributed by atoms with Gasteiger partial charge in [0, 0.05) is 12.8 Å². The molecule has 0 aliphatic heterocycles. The highest BCUT2D eigenvalue weighted by Gasteiger charge is 2.16. The summed E-state index contributed by atoms with van der Waals surface area (Å²) >= 11 is 0. The van der Waals surface area contributed by atoms with E-state index in [4.69, 9.17) is 9.47 Å². The van der Waals surface area contributed by atoms with Crippen molar-refractivity contribution in [1.82, 2.24) is 0 Å². The van der Waals surface area contributed by atoms with E-state index in [9.17, 15) is 14.7 Å². The summed E-state index contributed by atoms with van der Waals surface area (Å²) in [6.45, 7) is 3.85. The minimum atomic E-state index is -0.821. The van der Waals surface area contributed by atoms with E-state index in [-0.39, 0.29) is 31.6 Å². The van der Waals surface area contributed by atoms with Crippen molar-refractivity contribution in [3.8, 4) is 0 Å². The number of aliphatic hydroxyl groups is 1. The number of allylic oxidation sites excluding steroid dienone is 30. The van der Waals surface area contributed by atoms with E-state index in [0.717, 1.165) is 122 Å². The Kier molecular flexibility index (Phi) is 56.1. The first-order valence-corrected chi connectivity index (χ1v) is 28.3. The van der Waals surface area contributed by atoms with Gasteiger partial charge in [-0.1, -0.05) is 247 Å². The molecule has 0 aliphatic rings. The van der Waals surface area contributed by atoms with Crippen LogP contribution in [0.2, 0.25) is 0 Å². The molecule has 400 valence electrons. The van der Waals surface area contributed by atoms with Crippen LogP contribution in [0.5, 0.6) is 0 Å². The predicted molar refractivity (Wildman–Crippen MR) is 315 cm³/mol. The fourth-order valence-corrected chi connectivity index (χ4v) is 7.03. The molecule has 0 aromatic carbocycles. The van der Waals surface area contributed by atoms with Crippen LogP contribution in [-0.4, -0.2) is 36.4 Å². The van der Waals surface area contributed by atoms with Gasteiger partial charge in [-0.05, 0) is 128 Å². The number of esters is 2. The van der Waals surface area contributed by atoms with Crippen molar-refractivity contribution in [3.05, 3.63) is 182 Å². The Labute approximate surface area is 442 Å². The van der Waals surface area contributed by atoms with Crippen molar-refractivity contribution in [3.63, 3.8) is 0 Å². The second kappa shape index (κ2) is 60.3. The molecule has 0 heterocycles. The van der Waals surface area contributed by atoms with Crippen molar-refractivity contribution >= 4 is 11.9 Å². The zero-order valence-electron chi connectivity index (χ0n) is 45.6. The quantitative estimate of drug-likeness (QED) is 0.0374. The Bertz CT molecular complexity index is 1680. The number of carbonyl (C=O) groups excluding carboxylic acids is 2. The standard InChI is InChI=1S/C67H102O5/c1-3-5-7-9-11-13-15-17-19-21-23-25-27-29-31-33-35-37-39-41-43-45-47-49-51-53-55-57-59-61-66(69)71-64-65(63-68)72-67(70)62-60-58-56-54-52-50-48-46-44-42-40-38-36-34-32-30-28-26-24-22-20-18-16-14-12-10-8-6-4-2/h5-8,11-14,17-20,23-26,29-32,35-38,42,44,48,50,54,56,65,68H,3-4,9-10,15-16,21-22,27-28,33-34,39-41,43,45-47,49,51-53,55,57-64H2,1-2H3/b7-5-,8-6-,13-11-,14-12-,19-17-,20-18-,25-23-,26-24-,31-29-,32-30-,37-35-,38-36-,44-42-,50-48-,56-54-. The molecule has 1 unspecified atom stereocenters. The van der Waals surface area contributed by atoms with E-state index in [2.05, 4.69) is 196 Å². The molecule has 0 radical (unpaired) electrons. The molecule has 0 aromatic rings. The van der Waals surface area contributed by atoms with Gasteiger partial charge in [0.25, 0.3) is 0 Å². The van der Waals surface area contributed by atoms with Crippen molar-refractivity contribution in [1.29, 1.82) is 0 Å². The van der Waals surface area contributed by atoms with E-state index >= 15 is 0 Å². The van der Waals surface area contributed by atoms with Gasteiger partial charge in [-0.25, -0.2) is 0 Å². The van der Waals surface area contributed by atoms with Crippen LogP contribution < -0.4 is 0 Å². The highest BCUT2D eigenvalue weighted by Crippen LogP contribution is 2.13. The normalized spacial score (nSPS) is 13.7. The summed E-state index contributed by atoms with van der Waals surface area (Å²) in [5.41, 5.74) is 0. The van der Waals surface area contributed by atoms with Crippen LogP contribution in [0.25, 0.3) is 0 Å². The summed E-state index contributed by atoms with van der Waals surface area (Å²) < 4.78 is 10.7. The van der Waals surface area contributed by atoms with Crippen molar-refractivity contribution < 1.29 is 24.2 Å². The molecule has 0 fully saturated rings. The summed E-state index contributed by atoms with van der Waals surface area (Å²) in [6, 6.07) is 0. The van der Waals surface area contributed by atoms with Gasteiger partial charge in [0.1, 0.15) is 6.61 Å². The number of ether oxygens (including phenoxy) is 2. The van der Waals surface area contributed by atoms with Crippen molar-refractivity contribution in [2.24, 2.45) is 0 Å². The van der Waals surface area contributed by atoms with Crippen LogP contribution >= 0.6 is 0 Å². The molecule has 0 bridgehead atoms. The maximum atomic E-state index is 12.3. The first-order chi connectivity index (χ1) is 35.6. The average Bonchev–Trinajstić information content (AvgIpc) is 3.38. The Morgan fingerprint density at radius 3 is 0.875 bits per heavy atom. The second-order valence-electron chi connectivity index (χ2n) is 17.9. The smallest absolute Gasteiger partial charge is 0.306 e. The van der Waals surface area contributed by atoms with Gasteiger partial charge in [0.2, 0.25) is 0 Å². The van der Waals surface area contributed by atoms with Gasteiger partial charge >= 0.3 is 11.9 Å². The van der Waals surface area contributed by atoms with Gasteiger partial charge in [-0.2, -0.15) is 0 Å². The summed E-state index contributed by atoms with van der Waals surface area (Å²) in [7, 11) is 0. The van der Waals surface area contributed by atoms with Crippen LogP contribution in [0.15, 0.2) is 182 Å². The molecule has 0 rings (SSSR count). The number of hydrogen-bond acceptors (Lipinski definition) is 5. The molecule has 1 atom stereocenters. The monoisotopic (exact) mass is 987 g/mol. The Morgan fingerprint density at radius 1 is 0.319 bits per heavy atom. The first kappa shape index (κ1) is 67.0. The van der Waals surface area contributed by atoms with Gasteiger partial charge in [-0.3, -0.25) is 9.59 Å². The zero-order valence-corrected chi connectivity index (χ0v) is 45.6. The lowest BCUT2D eigenvalue weighted by atomic mass is 10.1. The lowest BCUT2D eigenvalue weighted by molar-refractivity contribution is -0.161. The molecule has 72 heavy (non-hydrogen) atoms. The summed E-state index contributed by atoms with van der Waals surface area (Å²) in [4.78, 5) is 24.5. The molecule has 0 aliphatic carbocycles. The lowest BCUT2D eigenvalue weighted by Crippen LogP contribution is -2.28. The number of rotatable bonds is 49. The number of carbonyl (C=O) groups is 2. The van der Waals surface area contributed by atoms with Crippen LogP contribution in [0.3, 0.4) is 0 Å². The Hall–Kier alpha value is -5.00. The molecule has 0 spiro atoms. The molecular formula is C67H102O5. The van der Waals surface area contributed by atoms with E-state index < -0.39 is 6.10 Å². The van der Waals surface area contributed by atoms with Crippen molar-refractivity contribution in [2.45, 2.75) is 213 Å². The molecule has 0 aromatic heterocycles. The summed E-state index contributed by atoms with van der Waals surface area (Å²) in [5, 5.41) is 9.65. The molecule has 0 amide bonds. The highest BCUT2D eigenvalue weighted by atomic mass is 16.6. The van der Waals surface area contributed by atoms with Gasteiger partial charge < -0.3 is 14.6 Å². The van der Waals surface area contributed by atoms with Crippen LogP contribution in [0, 0.1) is 0 Å². The van der Waals surface area contributed by atoms with Gasteiger partial charge in [-0.15, -0.1) is 0 Å². The number of hydrogen-bond donors (Lipinski definition) is 1. The fourth-order valence-electron chi connectivity index (χ4n) is 7.03. The van der Waals surface area contributed by atoms with E-state index in [1.807, 2.05) is 0 Å². The average molecular weight is 988 g/mol. The van der Waals surface area contributed by atoms with E-state index in [0.29, 0.717) is 12.8 Å². The van der Waals surface area contributed by atoms with E-state index in [1.165, 1.54) is 51.4 Å². The topological polar surface area (TPSA) is 72.8 Å². The zero-order chi connectivity index (χ0) is 52.0. The van der Waals surface area contributed by atoms with Gasteiger partial charge in [0.05, 0.1) is 6.61 Å². The highest BCUT2D eigenvalue weighted by molar-refractivity contribution is 5.70. The Morgan fingerprint density at radius 2 is 0.569 bits per heavy atom. The number of aliphatic hydroxyl groups excluding tert-OH is 1. The minimum absolute atomic E-state index is 0.105. The summed E-state index contributed by atoms with van der Waals surface area (Å²) in [6.07, 6.45) is 95.7. The molecule has 5 nitrogen and oxygen atoms in total. The maximum Gasteiger partial charge on any atom is 0.306 e. The fraction of sp³-hybridized carbons (Fsp3) is 0.522. The third kappa shape index (κ3) is 57.6.